The first-order valence-corrected chi connectivity index (χ1v) is 6.74. The average molecular weight is 337 g/mol. The fraction of sp³-hybridized carbons (Fsp3) is 0.143. The third kappa shape index (κ3) is 3.55. The van der Waals surface area contributed by atoms with Crippen molar-refractivity contribution in [2.75, 3.05) is 0 Å². The highest BCUT2D eigenvalue weighted by atomic mass is 79.9. The van der Waals surface area contributed by atoms with Gasteiger partial charge < -0.3 is 10.5 Å². The van der Waals surface area contributed by atoms with Crippen LogP contribution in [-0.4, -0.2) is 4.92 Å². The van der Waals surface area contributed by atoms with Gasteiger partial charge in [0, 0.05) is 28.7 Å². The molecule has 0 saturated carbocycles. The Morgan fingerprint density at radius 2 is 1.90 bits per heavy atom. The van der Waals surface area contributed by atoms with E-state index >= 15 is 0 Å². The summed E-state index contributed by atoms with van der Waals surface area (Å²) < 4.78 is 6.29. The lowest BCUT2D eigenvalue weighted by molar-refractivity contribution is -0.384. The van der Waals surface area contributed by atoms with Gasteiger partial charge in [-0.05, 0) is 23.8 Å². The number of benzene rings is 2. The smallest absolute Gasteiger partial charge is 0.270 e. The summed E-state index contributed by atoms with van der Waals surface area (Å²) in [4.78, 5) is 10.2. The van der Waals surface area contributed by atoms with Crippen LogP contribution in [0.25, 0.3) is 0 Å². The number of non-ortho nitro benzene ring substituents is 1. The number of halogens is 1. The fourth-order valence-electron chi connectivity index (χ4n) is 1.65. The van der Waals surface area contributed by atoms with Crippen LogP contribution in [0, 0.1) is 10.1 Å². The largest absolute Gasteiger partial charge is 0.489 e. The summed E-state index contributed by atoms with van der Waals surface area (Å²) in [6.45, 7) is 0.828. The zero-order valence-corrected chi connectivity index (χ0v) is 12.2. The van der Waals surface area contributed by atoms with Crippen LogP contribution in [0.3, 0.4) is 0 Å². The Morgan fingerprint density at radius 1 is 1.20 bits per heavy atom. The molecule has 0 atom stereocenters. The van der Waals surface area contributed by atoms with Crippen LogP contribution in [0.2, 0.25) is 0 Å². The zero-order valence-electron chi connectivity index (χ0n) is 10.6. The average Bonchev–Trinajstić information content (AvgIpc) is 2.46. The lowest BCUT2D eigenvalue weighted by atomic mass is 10.2. The number of nitrogens with zero attached hydrogens (tertiary/aromatic N) is 1. The van der Waals surface area contributed by atoms with Gasteiger partial charge in [-0.25, -0.2) is 0 Å². The lowest BCUT2D eigenvalue weighted by Crippen LogP contribution is -1.99. The minimum Gasteiger partial charge on any atom is -0.489 e. The molecule has 0 unspecified atom stereocenters. The molecule has 6 heteroatoms. The number of nitro benzene ring substituents is 1. The minimum absolute atomic E-state index is 0.0490. The third-order valence-electron chi connectivity index (χ3n) is 2.80. The Kier molecular flexibility index (Phi) is 4.70. The van der Waals surface area contributed by atoms with Crippen molar-refractivity contribution in [2.45, 2.75) is 13.2 Å². The van der Waals surface area contributed by atoms with E-state index in [1.54, 1.807) is 6.07 Å². The van der Waals surface area contributed by atoms with Crippen LogP contribution in [0.4, 0.5) is 5.69 Å². The van der Waals surface area contributed by atoms with E-state index in [1.807, 2.05) is 24.3 Å². The Bertz CT molecular complexity index is 614. The van der Waals surface area contributed by atoms with Gasteiger partial charge in [-0.1, -0.05) is 28.1 Å². The van der Waals surface area contributed by atoms with Gasteiger partial charge in [0.1, 0.15) is 12.4 Å². The predicted octanol–water partition coefficient (Wildman–Crippen LogP) is 3.40. The fourth-order valence-corrected chi connectivity index (χ4v) is 2.13. The van der Waals surface area contributed by atoms with E-state index in [9.17, 15) is 10.1 Å². The molecular weight excluding hydrogens is 324 g/mol. The highest BCUT2D eigenvalue weighted by Gasteiger charge is 2.09. The van der Waals surface area contributed by atoms with Gasteiger partial charge in [0.25, 0.3) is 5.69 Å². The molecule has 0 amide bonds. The molecule has 0 aliphatic rings. The molecule has 0 spiro atoms. The maximum atomic E-state index is 10.6. The maximum absolute atomic E-state index is 10.6. The van der Waals surface area contributed by atoms with E-state index in [0.29, 0.717) is 17.6 Å². The summed E-state index contributed by atoms with van der Waals surface area (Å²) in [5, 5.41) is 10.6. The van der Waals surface area contributed by atoms with E-state index in [2.05, 4.69) is 15.9 Å². The molecule has 104 valence electrons. The summed E-state index contributed by atoms with van der Waals surface area (Å²) in [6.07, 6.45) is 0. The van der Waals surface area contributed by atoms with E-state index in [1.165, 1.54) is 12.1 Å². The summed E-state index contributed by atoms with van der Waals surface area (Å²) in [5.74, 6) is 0.729. The number of hydrogen-bond acceptors (Lipinski definition) is 4. The molecule has 2 N–H and O–H groups in total. The quantitative estimate of drug-likeness (QED) is 0.670. The second kappa shape index (κ2) is 6.49. The summed E-state index contributed by atoms with van der Waals surface area (Å²) in [5.41, 5.74) is 7.45. The highest BCUT2D eigenvalue weighted by Crippen LogP contribution is 2.24. The number of nitro groups is 1. The zero-order chi connectivity index (χ0) is 14.5. The SMILES string of the molecule is NCc1ccc(OCc2ccc([N+](=O)[O-])cc2Br)cc1. The van der Waals surface area contributed by atoms with Crippen molar-refractivity contribution in [2.24, 2.45) is 5.73 Å². The number of ether oxygens (including phenoxy) is 1. The maximum Gasteiger partial charge on any atom is 0.270 e. The van der Waals surface area contributed by atoms with Crippen molar-refractivity contribution in [1.29, 1.82) is 0 Å². The first-order chi connectivity index (χ1) is 9.60. The lowest BCUT2D eigenvalue weighted by Gasteiger charge is -2.08. The van der Waals surface area contributed by atoms with Crippen LogP contribution in [0.15, 0.2) is 46.9 Å². The Balaban J connectivity index is 2.04. The Labute approximate surface area is 124 Å². The van der Waals surface area contributed by atoms with Gasteiger partial charge >= 0.3 is 0 Å². The minimum atomic E-state index is -0.430. The van der Waals surface area contributed by atoms with E-state index in [0.717, 1.165) is 16.9 Å². The van der Waals surface area contributed by atoms with Crippen LogP contribution in [0.1, 0.15) is 11.1 Å². The summed E-state index contributed by atoms with van der Waals surface area (Å²) in [7, 11) is 0. The van der Waals surface area contributed by atoms with E-state index < -0.39 is 4.92 Å². The molecule has 0 aromatic heterocycles. The number of nitrogens with two attached hydrogens (primary N) is 1. The molecule has 0 fully saturated rings. The normalized spacial score (nSPS) is 10.3. The van der Waals surface area contributed by atoms with Gasteiger partial charge in [0.15, 0.2) is 0 Å². The molecule has 2 aromatic carbocycles. The van der Waals surface area contributed by atoms with E-state index in [4.69, 9.17) is 10.5 Å². The van der Waals surface area contributed by atoms with Gasteiger partial charge in [0.05, 0.1) is 4.92 Å². The monoisotopic (exact) mass is 336 g/mol. The second-order valence-corrected chi connectivity index (χ2v) is 5.02. The van der Waals surface area contributed by atoms with Crippen molar-refractivity contribution < 1.29 is 9.66 Å². The summed E-state index contributed by atoms with van der Waals surface area (Å²) >= 11 is 3.31. The molecule has 0 bridgehead atoms. The van der Waals surface area contributed by atoms with E-state index in [-0.39, 0.29) is 5.69 Å². The van der Waals surface area contributed by atoms with Crippen molar-refractivity contribution in [1.82, 2.24) is 0 Å². The van der Waals surface area contributed by atoms with Gasteiger partial charge in [-0.3, -0.25) is 10.1 Å². The molecule has 0 radical (unpaired) electrons. The predicted molar refractivity (Wildman–Crippen MR) is 79.5 cm³/mol. The molecule has 20 heavy (non-hydrogen) atoms. The number of rotatable bonds is 5. The first kappa shape index (κ1) is 14.5. The van der Waals surface area contributed by atoms with Gasteiger partial charge in [-0.15, -0.1) is 0 Å². The third-order valence-corrected chi connectivity index (χ3v) is 3.54. The Morgan fingerprint density at radius 3 is 2.45 bits per heavy atom. The van der Waals surface area contributed by atoms with Crippen molar-refractivity contribution in [3.8, 4) is 5.75 Å². The highest BCUT2D eigenvalue weighted by molar-refractivity contribution is 9.10. The first-order valence-electron chi connectivity index (χ1n) is 5.95. The molecule has 5 nitrogen and oxygen atoms in total. The molecule has 0 saturated heterocycles. The second-order valence-electron chi connectivity index (χ2n) is 4.17. The van der Waals surface area contributed by atoms with Crippen molar-refractivity contribution >= 4 is 21.6 Å². The molecule has 2 aromatic rings. The van der Waals surface area contributed by atoms with Crippen LogP contribution in [-0.2, 0) is 13.2 Å². The van der Waals surface area contributed by atoms with Gasteiger partial charge in [-0.2, -0.15) is 0 Å². The van der Waals surface area contributed by atoms with Gasteiger partial charge in [0.2, 0.25) is 0 Å². The van der Waals surface area contributed by atoms with Crippen LogP contribution in [0.5, 0.6) is 5.75 Å². The molecular formula is C14H13BrN2O3. The number of hydrogen-bond donors (Lipinski definition) is 1. The molecule has 0 aliphatic heterocycles. The topological polar surface area (TPSA) is 78.4 Å². The standard InChI is InChI=1S/C14H13BrN2O3/c15-14-7-12(17(18)19)4-3-11(14)9-20-13-5-1-10(8-16)2-6-13/h1-7H,8-9,16H2. The Hall–Kier alpha value is -1.92. The van der Waals surface area contributed by atoms with Crippen LogP contribution < -0.4 is 10.5 Å². The van der Waals surface area contributed by atoms with Crippen LogP contribution >= 0.6 is 15.9 Å². The molecule has 2 rings (SSSR count). The summed E-state index contributed by atoms with van der Waals surface area (Å²) in [6, 6.07) is 12.1. The molecule has 0 aliphatic carbocycles. The molecule has 0 heterocycles. The van der Waals surface area contributed by atoms with Crippen molar-refractivity contribution in [3.63, 3.8) is 0 Å². The van der Waals surface area contributed by atoms with Crippen molar-refractivity contribution in [3.05, 3.63) is 68.2 Å².